The van der Waals surface area contributed by atoms with Crippen molar-refractivity contribution in [3.05, 3.63) is 18.0 Å². The Morgan fingerprint density at radius 1 is 1.42 bits per heavy atom. The van der Waals surface area contributed by atoms with E-state index in [1.165, 1.54) is 0 Å². The minimum absolute atomic E-state index is 0.175. The van der Waals surface area contributed by atoms with Crippen LogP contribution in [0.25, 0.3) is 0 Å². The van der Waals surface area contributed by atoms with Gasteiger partial charge >= 0.3 is 6.03 Å². The van der Waals surface area contributed by atoms with Gasteiger partial charge in [0.05, 0.1) is 0 Å². The Bertz CT molecular complexity index is 640. The Labute approximate surface area is 140 Å². The van der Waals surface area contributed by atoms with Crippen LogP contribution in [0.3, 0.4) is 0 Å². The molecule has 0 aliphatic carbocycles. The van der Waals surface area contributed by atoms with Crippen molar-refractivity contribution in [3.63, 3.8) is 0 Å². The number of rotatable bonds is 4. The van der Waals surface area contributed by atoms with E-state index >= 15 is 0 Å². The molecule has 2 saturated heterocycles. The third-order valence-electron chi connectivity index (χ3n) is 4.68. The van der Waals surface area contributed by atoms with Gasteiger partial charge in [-0.25, -0.2) is 4.79 Å². The van der Waals surface area contributed by atoms with Gasteiger partial charge in [0.25, 0.3) is 5.91 Å². The topological polar surface area (TPSA) is 98.4 Å². The van der Waals surface area contributed by atoms with Crippen molar-refractivity contribution >= 4 is 17.8 Å². The molecule has 0 spiro atoms. The molecule has 0 bridgehead atoms. The van der Waals surface area contributed by atoms with Gasteiger partial charge in [0.1, 0.15) is 12.1 Å². The first-order valence-electron chi connectivity index (χ1n) is 8.27. The fourth-order valence-corrected chi connectivity index (χ4v) is 3.36. The highest BCUT2D eigenvalue weighted by atomic mass is 16.2. The van der Waals surface area contributed by atoms with Gasteiger partial charge in [-0.2, -0.15) is 5.10 Å². The van der Waals surface area contributed by atoms with E-state index in [1.807, 2.05) is 6.07 Å². The molecular weight excluding hydrogens is 310 g/mol. The van der Waals surface area contributed by atoms with Crippen LogP contribution in [0.2, 0.25) is 0 Å². The van der Waals surface area contributed by atoms with Crippen LogP contribution >= 0.6 is 0 Å². The van der Waals surface area contributed by atoms with Crippen LogP contribution in [-0.2, 0) is 16.0 Å². The van der Waals surface area contributed by atoms with Crippen molar-refractivity contribution < 1.29 is 14.4 Å². The minimum atomic E-state index is -0.942. The molecule has 1 unspecified atom stereocenters. The van der Waals surface area contributed by atoms with Crippen LogP contribution in [-0.4, -0.2) is 63.0 Å². The number of amides is 4. The highest BCUT2D eigenvalue weighted by Crippen LogP contribution is 2.21. The van der Waals surface area contributed by atoms with E-state index < -0.39 is 11.6 Å². The van der Waals surface area contributed by atoms with E-state index in [9.17, 15) is 14.4 Å². The molecule has 24 heavy (non-hydrogen) atoms. The molecule has 1 aromatic heterocycles. The maximum absolute atomic E-state index is 12.5. The molecule has 2 aliphatic rings. The predicted molar refractivity (Wildman–Crippen MR) is 85.9 cm³/mol. The van der Waals surface area contributed by atoms with E-state index in [-0.39, 0.29) is 18.4 Å². The number of hydrogen-bond acceptors (Lipinski definition) is 4. The van der Waals surface area contributed by atoms with E-state index in [2.05, 4.69) is 15.5 Å². The number of urea groups is 1. The first kappa shape index (κ1) is 16.5. The summed E-state index contributed by atoms with van der Waals surface area (Å²) in [4.78, 5) is 39.4. The number of likely N-dealkylation sites (tertiary alicyclic amines) is 1. The molecule has 2 aliphatic heterocycles. The van der Waals surface area contributed by atoms with Gasteiger partial charge in [0.2, 0.25) is 5.91 Å². The van der Waals surface area contributed by atoms with Crippen LogP contribution in [0.4, 0.5) is 4.79 Å². The summed E-state index contributed by atoms with van der Waals surface area (Å²) in [6.07, 6.45) is 4.55. The zero-order valence-corrected chi connectivity index (χ0v) is 14.0. The number of hydrogen-bond donors (Lipinski definition) is 2. The zero-order chi connectivity index (χ0) is 17.3. The lowest BCUT2D eigenvalue weighted by Crippen LogP contribution is -2.47. The lowest BCUT2D eigenvalue weighted by Gasteiger charge is -2.33. The molecule has 1 aromatic rings. The molecule has 0 saturated carbocycles. The summed E-state index contributed by atoms with van der Waals surface area (Å²) in [5.74, 6) is -0.167. The molecule has 2 N–H and O–H groups in total. The molecule has 8 heteroatoms. The van der Waals surface area contributed by atoms with Crippen molar-refractivity contribution in [2.24, 2.45) is 5.92 Å². The quantitative estimate of drug-likeness (QED) is 0.785. The lowest BCUT2D eigenvalue weighted by molar-refractivity contribution is -0.139. The van der Waals surface area contributed by atoms with Crippen LogP contribution in [0.15, 0.2) is 12.3 Å². The van der Waals surface area contributed by atoms with E-state index in [0.717, 1.165) is 29.9 Å². The van der Waals surface area contributed by atoms with Crippen molar-refractivity contribution in [3.8, 4) is 0 Å². The molecular formula is C16H23N5O3. The molecule has 1 atom stereocenters. The summed E-state index contributed by atoms with van der Waals surface area (Å²) < 4.78 is 0. The van der Waals surface area contributed by atoms with Gasteiger partial charge in [0.15, 0.2) is 0 Å². The molecule has 0 radical (unpaired) electrons. The second-order valence-corrected chi connectivity index (χ2v) is 7.08. The average molecular weight is 333 g/mol. The molecule has 2 fully saturated rings. The standard InChI is InChI=1S/C16H23N5O3/c1-16(2)14(23)21(15(24)18-16)10-13(22)20-7-3-4-11(9-20)8-12-5-6-17-19-12/h5-6,11H,3-4,7-10H2,1-2H3,(H,17,19)(H,18,24). The van der Waals surface area contributed by atoms with Crippen molar-refractivity contribution in [2.75, 3.05) is 19.6 Å². The highest BCUT2D eigenvalue weighted by Gasteiger charge is 2.45. The number of carbonyl (C=O) groups excluding carboxylic acids is 3. The number of nitrogens with zero attached hydrogens (tertiary/aromatic N) is 3. The lowest BCUT2D eigenvalue weighted by atomic mass is 9.93. The number of aromatic amines is 1. The number of carbonyl (C=O) groups is 3. The molecule has 4 amide bonds. The SMILES string of the molecule is CC1(C)NC(=O)N(CC(=O)N2CCCC(Cc3ccn[nH]3)C2)C1=O. The zero-order valence-electron chi connectivity index (χ0n) is 14.0. The van der Waals surface area contributed by atoms with Crippen molar-refractivity contribution in [1.82, 2.24) is 25.3 Å². The molecule has 3 heterocycles. The van der Waals surface area contributed by atoms with Gasteiger partial charge in [0, 0.05) is 25.0 Å². The van der Waals surface area contributed by atoms with Crippen molar-refractivity contribution in [1.29, 1.82) is 0 Å². The number of H-pyrrole nitrogens is 1. The summed E-state index contributed by atoms with van der Waals surface area (Å²) in [6.45, 7) is 4.40. The Balaban J connectivity index is 1.58. The summed E-state index contributed by atoms with van der Waals surface area (Å²) >= 11 is 0. The maximum Gasteiger partial charge on any atom is 0.325 e. The van der Waals surface area contributed by atoms with Gasteiger partial charge < -0.3 is 10.2 Å². The molecule has 0 aromatic carbocycles. The van der Waals surface area contributed by atoms with Crippen LogP contribution < -0.4 is 5.32 Å². The fourth-order valence-electron chi connectivity index (χ4n) is 3.36. The van der Waals surface area contributed by atoms with E-state index in [1.54, 1.807) is 24.9 Å². The molecule has 130 valence electrons. The Kier molecular flexibility index (Phi) is 4.29. The first-order chi connectivity index (χ1) is 11.4. The summed E-state index contributed by atoms with van der Waals surface area (Å²) in [7, 11) is 0. The fraction of sp³-hybridized carbons (Fsp3) is 0.625. The second kappa shape index (κ2) is 6.26. The van der Waals surface area contributed by atoms with Gasteiger partial charge in [-0.3, -0.25) is 19.6 Å². The monoisotopic (exact) mass is 333 g/mol. The Morgan fingerprint density at radius 3 is 2.83 bits per heavy atom. The number of nitrogens with one attached hydrogen (secondary N) is 2. The average Bonchev–Trinajstić information content (AvgIpc) is 3.10. The summed E-state index contributed by atoms with van der Waals surface area (Å²) in [5.41, 5.74) is 0.118. The number of piperidine rings is 1. The van der Waals surface area contributed by atoms with Gasteiger partial charge in [-0.05, 0) is 45.1 Å². The van der Waals surface area contributed by atoms with Gasteiger partial charge in [-0.15, -0.1) is 0 Å². The summed E-state index contributed by atoms with van der Waals surface area (Å²) in [5, 5.41) is 9.49. The predicted octanol–water partition coefficient (Wildman–Crippen LogP) is 0.521. The van der Waals surface area contributed by atoms with E-state index in [4.69, 9.17) is 0 Å². The smallest absolute Gasteiger partial charge is 0.325 e. The minimum Gasteiger partial charge on any atom is -0.341 e. The molecule has 8 nitrogen and oxygen atoms in total. The largest absolute Gasteiger partial charge is 0.341 e. The number of aromatic nitrogens is 2. The van der Waals surface area contributed by atoms with E-state index in [0.29, 0.717) is 19.0 Å². The second-order valence-electron chi connectivity index (χ2n) is 7.08. The maximum atomic E-state index is 12.5. The van der Waals surface area contributed by atoms with Crippen LogP contribution in [0.1, 0.15) is 32.4 Å². The Hall–Kier alpha value is -2.38. The first-order valence-corrected chi connectivity index (χ1v) is 8.27. The normalized spacial score (nSPS) is 23.5. The summed E-state index contributed by atoms with van der Waals surface area (Å²) in [6, 6.07) is 1.44. The van der Waals surface area contributed by atoms with Gasteiger partial charge in [-0.1, -0.05) is 0 Å². The van der Waals surface area contributed by atoms with Crippen LogP contribution in [0, 0.1) is 5.92 Å². The van der Waals surface area contributed by atoms with Crippen molar-refractivity contribution in [2.45, 2.75) is 38.6 Å². The Morgan fingerprint density at radius 2 is 2.21 bits per heavy atom. The highest BCUT2D eigenvalue weighted by molar-refractivity contribution is 6.08. The van der Waals surface area contributed by atoms with Crippen LogP contribution in [0.5, 0.6) is 0 Å². The molecule has 3 rings (SSSR count). The third kappa shape index (κ3) is 3.27. The third-order valence-corrected chi connectivity index (χ3v) is 4.68. The number of imide groups is 1.